The van der Waals surface area contributed by atoms with E-state index in [2.05, 4.69) is 17.2 Å². The number of halogens is 2. The summed E-state index contributed by atoms with van der Waals surface area (Å²) in [6.07, 6.45) is 0.313. The zero-order valence-electron chi connectivity index (χ0n) is 17.9. The second-order valence-electron chi connectivity index (χ2n) is 7.49. The molecule has 0 bridgehead atoms. The van der Waals surface area contributed by atoms with Crippen LogP contribution >= 0.6 is 11.6 Å². The minimum atomic E-state index is -0.951. The van der Waals surface area contributed by atoms with E-state index >= 15 is 0 Å². The molecule has 3 N–H and O–H groups in total. The van der Waals surface area contributed by atoms with Gasteiger partial charge in [-0.1, -0.05) is 30.3 Å². The molecule has 2 rings (SSSR count). The first-order valence-corrected chi connectivity index (χ1v) is 10.2. The van der Waals surface area contributed by atoms with Crippen LogP contribution in [0.25, 0.3) is 0 Å². The fraction of sp³-hybridized carbons (Fsp3) is 0.304. The van der Waals surface area contributed by atoms with E-state index in [1.165, 1.54) is 12.1 Å². The summed E-state index contributed by atoms with van der Waals surface area (Å²) >= 11 is 5.59. The second-order valence-corrected chi connectivity index (χ2v) is 7.90. The topological polar surface area (TPSA) is 96.9 Å². The number of hydrogen-bond acceptors (Lipinski definition) is 5. The molecule has 0 aliphatic carbocycles. The van der Waals surface area contributed by atoms with Crippen molar-refractivity contribution in [2.75, 3.05) is 19.8 Å². The summed E-state index contributed by atoms with van der Waals surface area (Å²) in [5.74, 6) is -0.752. The first-order chi connectivity index (χ1) is 15.0. The molecule has 0 unspecified atom stereocenters. The van der Waals surface area contributed by atoms with E-state index in [1.54, 1.807) is 38.1 Å². The molecule has 9 heteroatoms. The van der Waals surface area contributed by atoms with E-state index in [4.69, 9.17) is 21.1 Å². The van der Waals surface area contributed by atoms with Gasteiger partial charge < -0.3 is 25.2 Å². The maximum absolute atomic E-state index is 13.3. The number of amides is 2. The Labute approximate surface area is 191 Å². The molecule has 2 amide bonds. The van der Waals surface area contributed by atoms with Gasteiger partial charge >= 0.3 is 0 Å². The standard InChI is InChI=1S/C23H26ClFN2O5/c1-15(27-22(29)14-32-18-8-9-19(24)20(25)12-18)10-11-26-21(28)13-31-17-6-4-16(5-7-17)23(2,3)30/h4-9,12,30H,1,10-11,13-14H2,2-3H3,(H,26,28)(H,27,29). The summed E-state index contributed by atoms with van der Waals surface area (Å²) in [6, 6.07) is 10.7. The molecule has 0 saturated carbocycles. The normalized spacial score (nSPS) is 10.9. The summed E-state index contributed by atoms with van der Waals surface area (Å²) < 4.78 is 24.0. The fourth-order valence-electron chi connectivity index (χ4n) is 2.52. The highest BCUT2D eigenvalue weighted by Crippen LogP contribution is 2.22. The molecule has 0 aliphatic heterocycles. The molecule has 0 spiro atoms. The summed E-state index contributed by atoms with van der Waals surface area (Å²) in [5, 5.41) is 15.1. The molecule has 0 heterocycles. The molecule has 0 aromatic heterocycles. The fourth-order valence-corrected chi connectivity index (χ4v) is 2.64. The van der Waals surface area contributed by atoms with Crippen LogP contribution in [-0.4, -0.2) is 36.7 Å². The molecular weight excluding hydrogens is 439 g/mol. The van der Waals surface area contributed by atoms with Gasteiger partial charge in [-0.05, 0) is 43.7 Å². The number of carbonyl (C=O) groups excluding carboxylic acids is 2. The number of hydrogen-bond donors (Lipinski definition) is 3. The minimum Gasteiger partial charge on any atom is -0.484 e. The van der Waals surface area contributed by atoms with Crippen molar-refractivity contribution in [1.29, 1.82) is 0 Å². The second kappa shape index (κ2) is 11.5. The molecule has 2 aromatic carbocycles. The van der Waals surface area contributed by atoms with E-state index in [0.29, 0.717) is 17.9 Å². The molecule has 0 radical (unpaired) electrons. The lowest BCUT2D eigenvalue weighted by molar-refractivity contribution is -0.123. The maximum Gasteiger partial charge on any atom is 0.262 e. The highest BCUT2D eigenvalue weighted by Gasteiger charge is 2.15. The Balaban J connectivity index is 1.62. The van der Waals surface area contributed by atoms with Gasteiger partial charge in [-0.15, -0.1) is 0 Å². The molecule has 0 fully saturated rings. The van der Waals surface area contributed by atoms with Gasteiger partial charge in [0.2, 0.25) is 0 Å². The van der Waals surface area contributed by atoms with E-state index in [-0.39, 0.29) is 36.4 Å². The van der Waals surface area contributed by atoms with Crippen LogP contribution in [0.3, 0.4) is 0 Å². The Hall–Kier alpha value is -3.10. The average molecular weight is 465 g/mol. The van der Waals surface area contributed by atoms with Crippen LogP contribution in [0, 0.1) is 5.82 Å². The maximum atomic E-state index is 13.3. The summed E-state index contributed by atoms with van der Waals surface area (Å²) in [4.78, 5) is 23.8. The van der Waals surface area contributed by atoms with Gasteiger partial charge in [-0.25, -0.2) is 4.39 Å². The van der Waals surface area contributed by atoms with Crippen molar-refractivity contribution in [2.45, 2.75) is 25.9 Å². The van der Waals surface area contributed by atoms with Crippen LogP contribution in [0.15, 0.2) is 54.7 Å². The number of nitrogens with one attached hydrogen (secondary N) is 2. The average Bonchev–Trinajstić information content (AvgIpc) is 2.72. The lowest BCUT2D eigenvalue weighted by Crippen LogP contribution is -2.32. The van der Waals surface area contributed by atoms with Gasteiger partial charge in [0, 0.05) is 24.7 Å². The van der Waals surface area contributed by atoms with E-state index in [9.17, 15) is 19.1 Å². The number of rotatable bonds is 11. The van der Waals surface area contributed by atoms with Crippen LogP contribution in [0.5, 0.6) is 11.5 Å². The molecule has 0 saturated heterocycles. The zero-order chi connectivity index (χ0) is 23.7. The Morgan fingerprint density at radius 2 is 1.66 bits per heavy atom. The Bertz CT molecular complexity index is 958. The van der Waals surface area contributed by atoms with Crippen LogP contribution in [-0.2, 0) is 15.2 Å². The highest BCUT2D eigenvalue weighted by atomic mass is 35.5. The van der Waals surface area contributed by atoms with Crippen LogP contribution in [0.1, 0.15) is 25.8 Å². The Morgan fingerprint density at radius 1 is 1.06 bits per heavy atom. The quantitative estimate of drug-likeness (QED) is 0.474. The summed E-state index contributed by atoms with van der Waals surface area (Å²) in [6.45, 7) is 6.84. The third kappa shape index (κ3) is 8.56. The number of benzene rings is 2. The van der Waals surface area contributed by atoms with Crippen molar-refractivity contribution in [3.05, 3.63) is 71.1 Å². The molecule has 32 heavy (non-hydrogen) atoms. The lowest BCUT2D eigenvalue weighted by Gasteiger charge is -2.17. The van der Waals surface area contributed by atoms with Crippen molar-refractivity contribution < 1.29 is 28.6 Å². The van der Waals surface area contributed by atoms with E-state index in [0.717, 1.165) is 11.6 Å². The minimum absolute atomic E-state index is 0.0359. The summed E-state index contributed by atoms with van der Waals surface area (Å²) in [7, 11) is 0. The van der Waals surface area contributed by atoms with Gasteiger partial charge in [0.05, 0.1) is 10.6 Å². The lowest BCUT2D eigenvalue weighted by atomic mass is 9.99. The molecular formula is C23H26ClFN2O5. The van der Waals surface area contributed by atoms with Crippen LogP contribution in [0.2, 0.25) is 5.02 Å². The number of ether oxygens (including phenoxy) is 2. The van der Waals surface area contributed by atoms with Gasteiger partial charge in [-0.3, -0.25) is 9.59 Å². The molecule has 0 atom stereocenters. The summed E-state index contributed by atoms with van der Waals surface area (Å²) in [5.41, 5.74) is 0.179. The van der Waals surface area contributed by atoms with Gasteiger partial charge in [0.1, 0.15) is 17.3 Å². The van der Waals surface area contributed by atoms with Crippen molar-refractivity contribution in [3.8, 4) is 11.5 Å². The van der Waals surface area contributed by atoms with Crippen molar-refractivity contribution in [3.63, 3.8) is 0 Å². The van der Waals surface area contributed by atoms with Gasteiger partial charge in [0.15, 0.2) is 13.2 Å². The number of aliphatic hydroxyl groups is 1. The van der Waals surface area contributed by atoms with E-state index in [1.807, 2.05) is 0 Å². The predicted octanol–water partition coefficient (Wildman–Crippen LogP) is 3.30. The Kier molecular flexibility index (Phi) is 9.04. The smallest absolute Gasteiger partial charge is 0.262 e. The monoisotopic (exact) mass is 464 g/mol. The Morgan fingerprint density at radius 3 is 2.28 bits per heavy atom. The zero-order valence-corrected chi connectivity index (χ0v) is 18.7. The van der Waals surface area contributed by atoms with Crippen molar-refractivity contribution in [2.24, 2.45) is 0 Å². The largest absolute Gasteiger partial charge is 0.484 e. The van der Waals surface area contributed by atoms with Crippen LogP contribution in [0.4, 0.5) is 4.39 Å². The number of carbonyl (C=O) groups is 2. The SMILES string of the molecule is C=C(CCNC(=O)COc1ccc(C(C)(C)O)cc1)NC(=O)COc1ccc(Cl)c(F)c1. The highest BCUT2D eigenvalue weighted by molar-refractivity contribution is 6.30. The van der Waals surface area contributed by atoms with Crippen molar-refractivity contribution in [1.82, 2.24) is 10.6 Å². The van der Waals surface area contributed by atoms with Crippen molar-refractivity contribution >= 4 is 23.4 Å². The first kappa shape index (κ1) is 25.2. The molecule has 7 nitrogen and oxygen atoms in total. The molecule has 172 valence electrons. The van der Waals surface area contributed by atoms with Gasteiger partial charge in [-0.2, -0.15) is 0 Å². The predicted molar refractivity (Wildman–Crippen MR) is 119 cm³/mol. The third-order valence-corrected chi connectivity index (χ3v) is 4.56. The van der Waals surface area contributed by atoms with Crippen LogP contribution < -0.4 is 20.1 Å². The third-order valence-electron chi connectivity index (χ3n) is 4.26. The van der Waals surface area contributed by atoms with E-state index < -0.39 is 17.3 Å². The first-order valence-electron chi connectivity index (χ1n) is 9.82. The molecule has 2 aromatic rings. The van der Waals surface area contributed by atoms with Gasteiger partial charge in [0.25, 0.3) is 11.8 Å². The molecule has 0 aliphatic rings.